The lowest BCUT2D eigenvalue weighted by Crippen LogP contribution is -2.41. The molecule has 1 unspecified atom stereocenters. The first-order valence-electron chi connectivity index (χ1n) is 9.90. The van der Waals surface area contributed by atoms with Crippen LogP contribution < -0.4 is 21.3 Å². The number of anilines is 2. The molecule has 174 valence electrons. The number of benzene rings is 1. The van der Waals surface area contributed by atoms with Crippen LogP contribution in [0.25, 0.3) is 0 Å². The van der Waals surface area contributed by atoms with Gasteiger partial charge in [0.1, 0.15) is 11.7 Å². The Bertz CT molecular complexity index is 1070. The van der Waals surface area contributed by atoms with Crippen molar-refractivity contribution in [3.8, 4) is 0 Å². The predicted molar refractivity (Wildman–Crippen MR) is 117 cm³/mol. The Kier molecular flexibility index (Phi) is 7.35. The number of hydrogen-bond acceptors (Lipinski definition) is 8. The van der Waals surface area contributed by atoms with Crippen molar-refractivity contribution in [2.75, 3.05) is 17.7 Å². The van der Waals surface area contributed by atoms with Gasteiger partial charge in [0, 0.05) is 24.7 Å². The average Bonchev–Trinajstić information content (AvgIpc) is 2.80. The van der Waals surface area contributed by atoms with Gasteiger partial charge in [-0.05, 0) is 30.7 Å². The van der Waals surface area contributed by atoms with E-state index < -0.39 is 30.1 Å². The van der Waals surface area contributed by atoms with E-state index in [-0.39, 0.29) is 18.4 Å². The lowest BCUT2D eigenvalue weighted by atomic mass is 10.1. The number of carbonyl (C=O) groups excluding carboxylic acids is 1. The number of hydrogen-bond donors (Lipinski definition) is 7. The maximum absolute atomic E-state index is 12.3. The minimum Gasteiger partial charge on any atom is -0.481 e. The molecule has 1 aliphatic rings. The van der Waals surface area contributed by atoms with Crippen LogP contribution in [-0.4, -0.2) is 62.2 Å². The van der Waals surface area contributed by atoms with Gasteiger partial charge in [-0.1, -0.05) is 0 Å². The molecule has 2 atom stereocenters. The molecule has 1 aromatic carbocycles. The van der Waals surface area contributed by atoms with Gasteiger partial charge < -0.3 is 36.6 Å². The number of nitrogens with zero attached hydrogens (tertiary/aromatic N) is 3. The van der Waals surface area contributed by atoms with Crippen molar-refractivity contribution in [2.45, 2.75) is 31.7 Å². The van der Waals surface area contributed by atoms with Crippen LogP contribution in [0.3, 0.4) is 0 Å². The molecular formula is C20H23N7O6. The molecule has 0 fully saturated rings. The zero-order valence-corrected chi connectivity index (χ0v) is 17.6. The van der Waals surface area contributed by atoms with Crippen molar-refractivity contribution in [2.24, 2.45) is 4.99 Å². The van der Waals surface area contributed by atoms with Crippen LogP contribution in [0.5, 0.6) is 0 Å². The molecule has 2 aromatic rings. The highest BCUT2D eigenvalue weighted by Crippen LogP contribution is 2.21. The van der Waals surface area contributed by atoms with Crippen LogP contribution >= 0.6 is 0 Å². The van der Waals surface area contributed by atoms with Gasteiger partial charge in [-0.25, -0.2) is 14.8 Å². The zero-order valence-electron chi connectivity index (χ0n) is 17.6. The summed E-state index contributed by atoms with van der Waals surface area (Å²) >= 11 is 0. The summed E-state index contributed by atoms with van der Waals surface area (Å²) in [6.07, 6.45) is -0.0862. The molecule has 0 radical (unpaired) electrons. The Morgan fingerprint density at radius 2 is 1.94 bits per heavy atom. The molecular weight excluding hydrogens is 434 g/mol. The smallest absolute Gasteiger partial charge is 0.326 e. The molecule has 0 bridgehead atoms. The first-order chi connectivity index (χ1) is 15.8. The maximum atomic E-state index is 12.3. The third kappa shape index (κ3) is 6.13. The average molecular weight is 457 g/mol. The van der Waals surface area contributed by atoms with E-state index in [2.05, 4.69) is 36.2 Å². The summed E-state index contributed by atoms with van der Waals surface area (Å²) < 4.78 is 0. The molecule has 2 heterocycles. The third-order valence-electron chi connectivity index (χ3n) is 4.71. The summed E-state index contributed by atoms with van der Waals surface area (Å²) in [5.41, 5.74) is 1.80. The van der Waals surface area contributed by atoms with Crippen molar-refractivity contribution in [1.29, 1.82) is 0 Å². The molecule has 1 aromatic heterocycles. The summed E-state index contributed by atoms with van der Waals surface area (Å²) in [6, 6.07) is 4.99. The van der Waals surface area contributed by atoms with Gasteiger partial charge in [-0.15, -0.1) is 0 Å². The number of fused-ring (bicyclic) bond motifs is 1. The number of nitrogens with one attached hydrogen (secondary N) is 4. The number of aliphatic carboxylic acids is 2. The Labute approximate surface area is 188 Å². The monoisotopic (exact) mass is 457 g/mol. The lowest BCUT2D eigenvalue weighted by molar-refractivity contribution is -0.140. The van der Waals surface area contributed by atoms with Crippen LogP contribution in [0.15, 0.2) is 35.5 Å². The van der Waals surface area contributed by atoms with Crippen molar-refractivity contribution in [3.05, 3.63) is 47.4 Å². The maximum Gasteiger partial charge on any atom is 0.326 e. The largest absolute Gasteiger partial charge is 0.481 e. The van der Waals surface area contributed by atoms with E-state index in [4.69, 9.17) is 10.2 Å². The number of aliphatic hydroxyl groups excluding tert-OH is 1. The van der Waals surface area contributed by atoms with Gasteiger partial charge in [0.15, 0.2) is 18.0 Å². The first kappa shape index (κ1) is 23.4. The topological polar surface area (TPSA) is 198 Å². The summed E-state index contributed by atoms with van der Waals surface area (Å²) in [7, 11) is 1.57. The van der Waals surface area contributed by atoms with Gasteiger partial charge in [0.05, 0.1) is 18.4 Å². The van der Waals surface area contributed by atoms with E-state index in [0.717, 1.165) is 0 Å². The number of carboxylic acid groups (broad SMARTS) is 2. The minimum absolute atomic E-state index is 0.218. The summed E-state index contributed by atoms with van der Waals surface area (Å²) in [5, 5.41) is 39.1. The number of aliphatic imine (C=N–C) groups is 1. The number of guanidine groups is 1. The van der Waals surface area contributed by atoms with E-state index in [9.17, 15) is 19.5 Å². The van der Waals surface area contributed by atoms with Crippen LogP contribution in [-0.2, 0) is 16.1 Å². The molecule has 0 saturated heterocycles. The number of carboxylic acids is 2. The molecule has 0 spiro atoms. The second-order valence-electron chi connectivity index (χ2n) is 7.07. The highest BCUT2D eigenvalue weighted by Gasteiger charge is 2.24. The van der Waals surface area contributed by atoms with Gasteiger partial charge in [-0.2, -0.15) is 0 Å². The predicted octanol–water partition coefficient (Wildman–Crippen LogP) is 0.128. The minimum atomic E-state index is -1.30. The number of amides is 1. The second-order valence-corrected chi connectivity index (χ2v) is 7.07. The lowest BCUT2D eigenvalue weighted by Gasteiger charge is -2.24. The number of rotatable bonds is 9. The molecule has 0 aliphatic carbocycles. The Morgan fingerprint density at radius 3 is 2.58 bits per heavy atom. The summed E-state index contributed by atoms with van der Waals surface area (Å²) in [6.45, 7) is 0.295. The summed E-state index contributed by atoms with van der Waals surface area (Å²) in [4.78, 5) is 46.8. The Balaban J connectivity index is 1.59. The molecule has 33 heavy (non-hydrogen) atoms. The van der Waals surface area contributed by atoms with E-state index in [1.54, 1.807) is 25.4 Å². The first-order valence-corrected chi connectivity index (χ1v) is 9.90. The number of aromatic nitrogens is 2. The SMILES string of the molecule is CN=C1Nc2ncc(CNc3ccc(C(=O)N[C@@H](CCC(=O)O)C(=O)O)cc3)nc2C(O)N1. The molecule has 1 aliphatic heterocycles. The number of carbonyl (C=O) groups is 3. The van der Waals surface area contributed by atoms with Crippen LogP contribution in [0.1, 0.15) is 40.8 Å². The Morgan fingerprint density at radius 1 is 1.21 bits per heavy atom. The van der Waals surface area contributed by atoms with Crippen molar-refractivity contribution < 1.29 is 29.7 Å². The molecule has 1 amide bonds. The highest BCUT2D eigenvalue weighted by atomic mass is 16.4. The standard InChI is InChI=1S/C20H23N7O6/c1-21-20-26-16-15(18(31)27-20)24-12(9-23-16)8-22-11-4-2-10(3-5-11)17(30)25-13(19(32)33)6-7-14(28)29/h2-5,9,13,18,22,31H,6-8H2,1H3,(H,25,30)(H,28,29)(H,32,33)(H2,21,23,26,27)/t13-,18?/m0/s1. The van der Waals surface area contributed by atoms with Crippen molar-refractivity contribution >= 4 is 35.3 Å². The van der Waals surface area contributed by atoms with E-state index in [1.807, 2.05) is 0 Å². The molecule has 7 N–H and O–H groups in total. The second kappa shape index (κ2) is 10.4. The molecule has 13 heteroatoms. The molecule has 13 nitrogen and oxygen atoms in total. The fourth-order valence-electron chi connectivity index (χ4n) is 2.98. The van der Waals surface area contributed by atoms with Gasteiger partial charge >= 0.3 is 11.9 Å². The third-order valence-corrected chi connectivity index (χ3v) is 4.71. The molecule has 3 rings (SSSR count). The number of aliphatic hydroxyl groups is 1. The summed E-state index contributed by atoms with van der Waals surface area (Å²) in [5.74, 6) is -2.28. The fourth-order valence-corrected chi connectivity index (χ4v) is 2.98. The highest BCUT2D eigenvalue weighted by molar-refractivity contribution is 5.97. The van der Waals surface area contributed by atoms with Crippen molar-refractivity contribution in [1.82, 2.24) is 20.6 Å². The quantitative estimate of drug-likeness (QED) is 0.270. The van der Waals surface area contributed by atoms with E-state index in [1.165, 1.54) is 12.1 Å². The van der Waals surface area contributed by atoms with Gasteiger partial charge in [0.25, 0.3) is 5.91 Å². The Hall–Kier alpha value is -4.26. The van der Waals surface area contributed by atoms with E-state index >= 15 is 0 Å². The zero-order chi connectivity index (χ0) is 24.0. The van der Waals surface area contributed by atoms with Crippen LogP contribution in [0, 0.1) is 0 Å². The van der Waals surface area contributed by atoms with Gasteiger partial charge in [0.2, 0.25) is 0 Å². The normalized spacial score (nSPS) is 16.7. The van der Waals surface area contributed by atoms with Crippen LogP contribution in [0.2, 0.25) is 0 Å². The fraction of sp³-hybridized carbons (Fsp3) is 0.300. The van der Waals surface area contributed by atoms with Crippen LogP contribution in [0.4, 0.5) is 11.5 Å². The van der Waals surface area contributed by atoms with E-state index in [0.29, 0.717) is 35.4 Å². The molecule has 0 saturated carbocycles. The van der Waals surface area contributed by atoms with Crippen molar-refractivity contribution in [3.63, 3.8) is 0 Å². The van der Waals surface area contributed by atoms with Gasteiger partial charge in [-0.3, -0.25) is 14.6 Å².